The molecule has 1 saturated heterocycles. The maximum atomic E-state index is 10.7. The summed E-state index contributed by atoms with van der Waals surface area (Å²) in [6.07, 6.45) is 0. The molecular formula is C13H18N4O3. The Morgan fingerprint density at radius 2 is 1.80 bits per heavy atom. The summed E-state index contributed by atoms with van der Waals surface area (Å²) in [5.74, 6) is 0. The molecule has 0 aromatic heterocycles. The van der Waals surface area contributed by atoms with Gasteiger partial charge in [-0.15, -0.1) is 4.91 Å². The number of piperazine rings is 1. The zero-order chi connectivity index (χ0) is 14.7. The summed E-state index contributed by atoms with van der Waals surface area (Å²) < 4.78 is 0. The summed E-state index contributed by atoms with van der Waals surface area (Å²) in [7, 11) is 0. The molecular weight excluding hydrogens is 260 g/mol. The number of nitrogens with zero attached hydrogens (tertiary/aromatic N) is 4. The standard InChI is InChI=1S/C13H18N4O3/c1-10-7-15(8-11(2)16(10)14-18)9-12-3-5-13(6-4-12)17(19)20/h3-6,10-11H,7-9H2,1-2H3. The van der Waals surface area contributed by atoms with Gasteiger partial charge in [-0.3, -0.25) is 20.0 Å². The quantitative estimate of drug-likeness (QED) is 0.479. The number of rotatable bonds is 4. The number of non-ortho nitro benzene ring substituents is 1. The van der Waals surface area contributed by atoms with E-state index in [9.17, 15) is 15.0 Å². The highest BCUT2D eigenvalue weighted by atomic mass is 16.6. The van der Waals surface area contributed by atoms with Gasteiger partial charge in [-0.1, -0.05) is 12.1 Å². The molecule has 7 heteroatoms. The van der Waals surface area contributed by atoms with E-state index in [0.29, 0.717) is 0 Å². The van der Waals surface area contributed by atoms with Crippen LogP contribution in [0.25, 0.3) is 0 Å². The highest BCUT2D eigenvalue weighted by Gasteiger charge is 2.29. The number of benzene rings is 1. The van der Waals surface area contributed by atoms with Crippen LogP contribution in [0.1, 0.15) is 19.4 Å². The van der Waals surface area contributed by atoms with Crippen LogP contribution >= 0.6 is 0 Å². The zero-order valence-corrected chi connectivity index (χ0v) is 11.6. The first kappa shape index (κ1) is 14.4. The Bertz CT molecular complexity index is 479. The molecule has 1 aliphatic heterocycles. The molecule has 0 bridgehead atoms. The first-order chi connectivity index (χ1) is 9.51. The molecule has 0 amide bonds. The summed E-state index contributed by atoms with van der Waals surface area (Å²) >= 11 is 0. The Kier molecular flexibility index (Phi) is 4.29. The number of hydrogen-bond acceptors (Lipinski definition) is 5. The van der Waals surface area contributed by atoms with Gasteiger partial charge in [0.25, 0.3) is 5.69 Å². The maximum Gasteiger partial charge on any atom is 0.269 e. The molecule has 0 N–H and O–H groups in total. The second-order valence-corrected chi connectivity index (χ2v) is 5.28. The molecule has 20 heavy (non-hydrogen) atoms. The summed E-state index contributed by atoms with van der Waals surface area (Å²) in [6.45, 7) is 6.18. The van der Waals surface area contributed by atoms with Crippen LogP contribution in [-0.2, 0) is 6.54 Å². The zero-order valence-electron chi connectivity index (χ0n) is 11.6. The van der Waals surface area contributed by atoms with Crippen molar-refractivity contribution >= 4 is 5.69 Å². The number of nitro benzene ring substituents is 1. The lowest BCUT2D eigenvalue weighted by molar-refractivity contribution is -0.384. The van der Waals surface area contributed by atoms with Crippen molar-refractivity contribution in [1.29, 1.82) is 0 Å². The van der Waals surface area contributed by atoms with E-state index in [0.717, 1.165) is 25.2 Å². The van der Waals surface area contributed by atoms with Gasteiger partial charge in [0.1, 0.15) is 0 Å². The molecule has 2 atom stereocenters. The van der Waals surface area contributed by atoms with Crippen molar-refractivity contribution in [3.63, 3.8) is 0 Å². The summed E-state index contributed by atoms with van der Waals surface area (Å²) in [5.41, 5.74) is 1.13. The number of nitroso groups, excluding NO2 is 1. The molecule has 108 valence electrons. The molecule has 1 fully saturated rings. The van der Waals surface area contributed by atoms with Crippen molar-refractivity contribution in [3.8, 4) is 0 Å². The van der Waals surface area contributed by atoms with Gasteiger partial charge in [-0.05, 0) is 19.4 Å². The molecule has 7 nitrogen and oxygen atoms in total. The third kappa shape index (κ3) is 3.11. The van der Waals surface area contributed by atoms with Crippen molar-refractivity contribution in [1.82, 2.24) is 9.91 Å². The van der Waals surface area contributed by atoms with Crippen molar-refractivity contribution < 1.29 is 4.92 Å². The highest BCUT2D eigenvalue weighted by molar-refractivity contribution is 5.32. The Labute approximate surface area is 117 Å². The molecule has 1 heterocycles. The van der Waals surface area contributed by atoms with Crippen molar-refractivity contribution in [3.05, 3.63) is 44.9 Å². The summed E-state index contributed by atoms with van der Waals surface area (Å²) in [6, 6.07) is 6.75. The average Bonchev–Trinajstić information content (AvgIpc) is 2.39. The fourth-order valence-corrected chi connectivity index (χ4v) is 2.69. The lowest BCUT2D eigenvalue weighted by atomic mass is 10.1. The Balaban J connectivity index is 2.00. The van der Waals surface area contributed by atoms with Crippen molar-refractivity contribution in [2.75, 3.05) is 13.1 Å². The molecule has 1 aliphatic rings. The van der Waals surface area contributed by atoms with Crippen LogP contribution in [-0.4, -0.2) is 40.0 Å². The lowest BCUT2D eigenvalue weighted by Crippen LogP contribution is -2.53. The van der Waals surface area contributed by atoms with Crippen LogP contribution in [0.5, 0.6) is 0 Å². The topological polar surface area (TPSA) is 79.0 Å². The van der Waals surface area contributed by atoms with Gasteiger partial charge in [0.15, 0.2) is 0 Å². The van der Waals surface area contributed by atoms with E-state index in [1.54, 1.807) is 17.1 Å². The van der Waals surface area contributed by atoms with E-state index in [4.69, 9.17) is 0 Å². The first-order valence-corrected chi connectivity index (χ1v) is 6.58. The smallest absolute Gasteiger partial charge is 0.269 e. The van der Waals surface area contributed by atoms with Gasteiger partial charge < -0.3 is 0 Å². The summed E-state index contributed by atoms with van der Waals surface area (Å²) in [4.78, 5) is 23.2. The van der Waals surface area contributed by atoms with Crippen LogP contribution in [0.4, 0.5) is 5.69 Å². The van der Waals surface area contributed by atoms with Crippen molar-refractivity contribution in [2.24, 2.45) is 5.29 Å². The molecule has 2 rings (SSSR count). The van der Waals surface area contributed by atoms with Crippen LogP contribution in [0.15, 0.2) is 29.6 Å². The first-order valence-electron chi connectivity index (χ1n) is 6.58. The van der Waals surface area contributed by atoms with E-state index in [2.05, 4.69) is 10.2 Å². The fraction of sp³-hybridized carbons (Fsp3) is 0.538. The number of hydrogen-bond donors (Lipinski definition) is 0. The van der Waals surface area contributed by atoms with Gasteiger partial charge >= 0.3 is 0 Å². The Morgan fingerprint density at radius 1 is 1.25 bits per heavy atom. The highest BCUT2D eigenvalue weighted by Crippen LogP contribution is 2.19. The van der Waals surface area contributed by atoms with Crippen LogP contribution in [0.2, 0.25) is 0 Å². The number of nitro groups is 1. The second kappa shape index (κ2) is 5.96. The third-order valence-corrected chi connectivity index (χ3v) is 3.60. The van der Waals surface area contributed by atoms with Gasteiger partial charge in [0.2, 0.25) is 0 Å². The van der Waals surface area contributed by atoms with Gasteiger partial charge in [0, 0.05) is 31.8 Å². The normalized spacial score (nSPS) is 23.6. The van der Waals surface area contributed by atoms with E-state index >= 15 is 0 Å². The largest absolute Gasteiger partial charge is 0.295 e. The van der Waals surface area contributed by atoms with Crippen molar-refractivity contribution in [2.45, 2.75) is 32.5 Å². The monoisotopic (exact) mass is 278 g/mol. The second-order valence-electron chi connectivity index (χ2n) is 5.28. The minimum absolute atomic E-state index is 0.0781. The molecule has 0 radical (unpaired) electrons. The maximum absolute atomic E-state index is 10.7. The van der Waals surface area contributed by atoms with Crippen LogP contribution in [0.3, 0.4) is 0 Å². The van der Waals surface area contributed by atoms with Gasteiger partial charge in [0.05, 0.1) is 22.3 Å². The molecule has 0 aliphatic carbocycles. The van der Waals surface area contributed by atoms with Gasteiger partial charge in [-0.2, -0.15) is 0 Å². The molecule has 0 spiro atoms. The third-order valence-electron chi connectivity index (χ3n) is 3.60. The molecule has 1 aromatic carbocycles. The average molecular weight is 278 g/mol. The van der Waals surface area contributed by atoms with E-state index in [-0.39, 0.29) is 17.8 Å². The Hall–Kier alpha value is -2.02. The molecule has 0 saturated carbocycles. The fourth-order valence-electron chi connectivity index (χ4n) is 2.69. The SMILES string of the molecule is CC1CN(Cc2ccc([N+](=O)[O-])cc2)CC(C)N1N=O. The van der Waals surface area contributed by atoms with E-state index in [1.807, 2.05) is 13.8 Å². The van der Waals surface area contributed by atoms with Crippen LogP contribution in [0, 0.1) is 15.0 Å². The minimum atomic E-state index is -0.400. The predicted octanol–water partition coefficient (Wildman–Crippen LogP) is 2.17. The van der Waals surface area contributed by atoms with Gasteiger partial charge in [-0.25, -0.2) is 0 Å². The van der Waals surface area contributed by atoms with E-state index < -0.39 is 4.92 Å². The van der Waals surface area contributed by atoms with E-state index in [1.165, 1.54) is 12.1 Å². The van der Waals surface area contributed by atoms with Crippen LogP contribution < -0.4 is 0 Å². The molecule has 1 aromatic rings. The minimum Gasteiger partial charge on any atom is -0.295 e. The summed E-state index contributed by atoms with van der Waals surface area (Å²) in [5, 5.41) is 15.3. The predicted molar refractivity (Wildman–Crippen MR) is 74.9 cm³/mol. The molecule has 2 unspecified atom stereocenters. The lowest BCUT2D eigenvalue weighted by Gasteiger charge is -2.40. The Morgan fingerprint density at radius 3 is 2.25 bits per heavy atom.